The summed E-state index contributed by atoms with van der Waals surface area (Å²) in [5, 5.41) is 2.85. The zero-order valence-corrected chi connectivity index (χ0v) is 12.2. The molecule has 3 rings (SSSR count). The monoisotopic (exact) mass is 299 g/mol. The lowest BCUT2D eigenvalue weighted by molar-refractivity contribution is -0.130. The van der Waals surface area contributed by atoms with Gasteiger partial charge in [-0.1, -0.05) is 30.3 Å². The minimum absolute atomic E-state index is 0.203. The molecule has 0 bridgehead atoms. The third-order valence-electron chi connectivity index (χ3n) is 3.45. The van der Waals surface area contributed by atoms with Crippen molar-refractivity contribution in [2.24, 2.45) is 0 Å². The van der Waals surface area contributed by atoms with Crippen molar-refractivity contribution in [3.8, 4) is 17.2 Å². The summed E-state index contributed by atoms with van der Waals surface area (Å²) in [6, 6.07) is 14.9. The van der Waals surface area contributed by atoms with Crippen LogP contribution in [0.3, 0.4) is 0 Å². The predicted molar refractivity (Wildman–Crippen MR) is 81.2 cm³/mol. The van der Waals surface area contributed by atoms with Crippen LogP contribution >= 0.6 is 0 Å². The molecule has 1 amide bonds. The summed E-state index contributed by atoms with van der Waals surface area (Å²) >= 11 is 0. The van der Waals surface area contributed by atoms with E-state index in [4.69, 9.17) is 14.2 Å². The molecule has 2 aromatic carbocycles. The molecule has 0 aromatic heterocycles. The Kier molecular flexibility index (Phi) is 4.14. The van der Waals surface area contributed by atoms with E-state index in [9.17, 15) is 4.79 Å². The lowest BCUT2D eigenvalue weighted by atomic mass is 10.2. The van der Waals surface area contributed by atoms with Crippen molar-refractivity contribution in [3.05, 3.63) is 54.1 Å². The largest absolute Gasteiger partial charge is 0.496 e. The van der Waals surface area contributed by atoms with Crippen molar-refractivity contribution < 1.29 is 19.0 Å². The number of carbonyl (C=O) groups excluding carboxylic acids is 1. The lowest BCUT2D eigenvalue weighted by Gasteiger charge is -2.25. The molecule has 22 heavy (non-hydrogen) atoms. The van der Waals surface area contributed by atoms with Gasteiger partial charge in [0.15, 0.2) is 11.5 Å². The topological polar surface area (TPSA) is 56.8 Å². The second-order valence-electron chi connectivity index (χ2n) is 4.89. The summed E-state index contributed by atoms with van der Waals surface area (Å²) < 4.78 is 16.5. The minimum atomic E-state index is -0.649. The number of ether oxygens (including phenoxy) is 3. The second kappa shape index (κ2) is 6.39. The molecule has 0 saturated heterocycles. The number of hydrogen-bond acceptors (Lipinski definition) is 4. The smallest absolute Gasteiger partial charge is 0.264 e. The fourth-order valence-corrected chi connectivity index (χ4v) is 2.29. The molecular formula is C17H17NO4. The summed E-state index contributed by atoms with van der Waals surface area (Å²) in [5.74, 6) is 1.79. The van der Waals surface area contributed by atoms with Gasteiger partial charge in [-0.15, -0.1) is 0 Å². The van der Waals surface area contributed by atoms with Gasteiger partial charge in [0, 0.05) is 12.1 Å². The molecule has 1 atom stereocenters. The van der Waals surface area contributed by atoms with E-state index >= 15 is 0 Å². The molecule has 0 radical (unpaired) electrons. The van der Waals surface area contributed by atoms with Crippen molar-refractivity contribution in [3.63, 3.8) is 0 Å². The van der Waals surface area contributed by atoms with Crippen molar-refractivity contribution in [2.45, 2.75) is 12.6 Å². The Hall–Kier alpha value is -2.69. The van der Waals surface area contributed by atoms with Crippen LogP contribution in [0.15, 0.2) is 48.5 Å². The van der Waals surface area contributed by atoms with Gasteiger partial charge in [0.2, 0.25) is 6.10 Å². The molecule has 5 nitrogen and oxygen atoms in total. The Bertz CT molecular complexity index is 671. The van der Waals surface area contributed by atoms with Gasteiger partial charge in [0.1, 0.15) is 12.4 Å². The highest BCUT2D eigenvalue weighted by molar-refractivity contribution is 5.81. The van der Waals surface area contributed by atoms with Crippen LogP contribution in [-0.4, -0.2) is 25.7 Å². The van der Waals surface area contributed by atoms with E-state index in [-0.39, 0.29) is 12.5 Å². The lowest BCUT2D eigenvalue weighted by Crippen LogP contribution is -2.43. The van der Waals surface area contributed by atoms with E-state index in [2.05, 4.69) is 5.32 Å². The van der Waals surface area contributed by atoms with Gasteiger partial charge in [0.05, 0.1) is 7.11 Å². The molecule has 2 aromatic rings. The van der Waals surface area contributed by atoms with Gasteiger partial charge >= 0.3 is 0 Å². The van der Waals surface area contributed by atoms with E-state index in [0.29, 0.717) is 18.0 Å². The first-order valence-corrected chi connectivity index (χ1v) is 7.06. The molecule has 0 aliphatic carbocycles. The van der Waals surface area contributed by atoms with E-state index < -0.39 is 6.10 Å². The maximum absolute atomic E-state index is 12.2. The molecule has 5 heteroatoms. The first-order valence-electron chi connectivity index (χ1n) is 7.06. The summed E-state index contributed by atoms with van der Waals surface area (Å²) in [5.41, 5.74) is 0.912. The number of carbonyl (C=O) groups is 1. The Labute approximate surface area is 128 Å². The van der Waals surface area contributed by atoms with Crippen LogP contribution in [-0.2, 0) is 11.3 Å². The first-order chi connectivity index (χ1) is 10.8. The Morgan fingerprint density at radius 3 is 2.73 bits per heavy atom. The van der Waals surface area contributed by atoms with E-state index in [0.717, 1.165) is 11.3 Å². The zero-order valence-electron chi connectivity index (χ0n) is 12.2. The van der Waals surface area contributed by atoms with Crippen LogP contribution < -0.4 is 19.5 Å². The molecule has 0 spiro atoms. The third kappa shape index (κ3) is 2.98. The second-order valence-corrected chi connectivity index (χ2v) is 4.89. The van der Waals surface area contributed by atoms with E-state index in [1.165, 1.54) is 0 Å². The SMILES string of the molecule is COc1ccccc1CNC(=O)[C@@H]1COc2ccccc2O1. The third-order valence-corrected chi connectivity index (χ3v) is 3.45. The molecule has 1 heterocycles. The molecule has 1 N–H and O–H groups in total. The van der Waals surface area contributed by atoms with Gasteiger partial charge < -0.3 is 19.5 Å². The molecule has 1 aliphatic heterocycles. The van der Waals surface area contributed by atoms with Crippen molar-refractivity contribution >= 4 is 5.91 Å². The number of nitrogens with one attached hydrogen (secondary N) is 1. The molecule has 0 unspecified atom stereocenters. The standard InChI is InChI=1S/C17H17NO4/c1-20-13-7-3-2-6-12(13)10-18-17(19)16-11-21-14-8-4-5-9-15(14)22-16/h2-9,16H,10-11H2,1H3,(H,18,19)/t16-/m0/s1. The maximum atomic E-state index is 12.2. The average molecular weight is 299 g/mol. The van der Waals surface area contributed by atoms with Gasteiger partial charge in [-0.3, -0.25) is 4.79 Å². The highest BCUT2D eigenvalue weighted by atomic mass is 16.6. The zero-order chi connectivity index (χ0) is 15.4. The van der Waals surface area contributed by atoms with Gasteiger partial charge in [0.25, 0.3) is 5.91 Å². The highest BCUT2D eigenvalue weighted by Crippen LogP contribution is 2.30. The minimum Gasteiger partial charge on any atom is -0.496 e. The summed E-state index contributed by atoms with van der Waals surface area (Å²) in [6.45, 7) is 0.582. The summed E-state index contributed by atoms with van der Waals surface area (Å²) in [4.78, 5) is 12.2. The van der Waals surface area contributed by atoms with Gasteiger partial charge in [-0.2, -0.15) is 0 Å². The highest BCUT2D eigenvalue weighted by Gasteiger charge is 2.27. The number of methoxy groups -OCH3 is 1. The van der Waals surface area contributed by atoms with Crippen LogP contribution in [0.2, 0.25) is 0 Å². The summed E-state index contributed by atoms with van der Waals surface area (Å²) in [7, 11) is 1.61. The number of benzene rings is 2. The maximum Gasteiger partial charge on any atom is 0.264 e. The number of hydrogen-bond donors (Lipinski definition) is 1. The molecule has 1 aliphatic rings. The van der Waals surface area contributed by atoms with E-state index in [1.807, 2.05) is 42.5 Å². The van der Waals surface area contributed by atoms with Gasteiger partial charge in [-0.05, 0) is 18.2 Å². The van der Waals surface area contributed by atoms with Crippen LogP contribution in [0.4, 0.5) is 0 Å². The number of fused-ring (bicyclic) bond motifs is 1. The fraction of sp³-hybridized carbons (Fsp3) is 0.235. The van der Waals surface area contributed by atoms with Crippen LogP contribution in [0.25, 0.3) is 0 Å². The van der Waals surface area contributed by atoms with Crippen molar-refractivity contribution in [1.29, 1.82) is 0 Å². The predicted octanol–water partition coefficient (Wildman–Crippen LogP) is 2.15. The van der Waals surface area contributed by atoms with Crippen LogP contribution in [0, 0.1) is 0 Å². The number of amides is 1. The van der Waals surface area contributed by atoms with Crippen molar-refractivity contribution in [1.82, 2.24) is 5.32 Å². The Balaban J connectivity index is 1.61. The fourth-order valence-electron chi connectivity index (χ4n) is 2.29. The summed E-state index contributed by atoms with van der Waals surface area (Å²) in [6.07, 6.45) is -0.649. The Morgan fingerprint density at radius 1 is 1.18 bits per heavy atom. The van der Waals surface area contributed by atoms with Crippen LogP contribution in [0.5, 0.6) is 17.2 Å². The number of para-hydroxylation sites is 3. The van der Waals surface area contributed by atoms with Gasteiger partial charge in [-0.25, -0.2) is 0 Å². The molecule has 0 fully saturated rings. The number of rotatable bonds is 4. The van der Waals surface area contributed by atoms with Crippen molar-refractivity contribution in [2.75, 3.05) is 13.7 Å². The molecule has 114 valence electrons. The normalized spacial score (nSPS) is 16.0. The van der Waals surface area contributed by atoms with Crippen LogP contribution in [0.1, 0.15) is 5.56 Å². The quantitative estimate of drug-likeness (QED) is 0.940. The molecule has 0 saturated carbocycles. The van der Waals surface area contributed by atoms with E-state index in [1.54, 1.807) is 13.2 Å². The molecular weight excluding hydrogens is 282 g/mol. The first kappa shape index (κ1) is 14.3. The Morgan fingerprint density at radius 2 is 1.91 bits per heavy atom. The average Bonchev–Trinajstić information content (AvgIpc) is 2.59.